The first-order chi connectivity index (χ1) is 13.0. The van der Waals surface area contributed by atoms with Crippen molar-refractivity contribution in [1.29, 1.82) is 0 Å². The van der Waals surface area contributed by atoms with Crippen LogP contribution in [0.3, 0.4) is 0 Å². The van der Waals surface area contributed by atoms with Crippen LogP contribution >= 0.6 is 0 Å². The van der Waals surface area contributed by atoms with Crippen molar-refractivity contribution in [3.8, 4) is 11.1 Å². The number of nitrogens with one attached hydrogen (secondary N) is 1. The lowest BCUT2D eigenvalue weighted by molar-refractivity contribution is 0.394. The Morgan fingerprint density at radius 1 is 1.07 bits per heavy atom. The van der Waals surface area contributed by atoms with Crippen molar-refractivity contribution in [2.75, 3.05) is 0 Å². The molecule has 1 atom stereocenters. The van der Waals surface area contributed by atoms with Gasteiger partial charge < -0.3 is 0 Å². The van der Waals surface area contributed by atoms with Crippen LogP contribution in [-0.2, 0) is 29.4 Å². The Balaban J connectivity index is 1.49. The Morgan fingerprint density at radius 2 is 1.78 bits per heavy atom. The van der Waals surface area contributed by atoms with Gasteiger partial charge in [0, 0.05) is 18.9 Å². The van der Waals surface area contributed by atoms with Crippen LogP contribution in [0.25, 0.3) is 11.1 Å². The van der Waals surface area contributed by atoms with Gasteiger partial charge in [0.25, 0.3) is 0 Å². The molecule has 0 amide bonds. The molecule has 7 heteroatoms. The first-order valence-corrected chi connectivity index (χ1v) is 10.6. The number of benzene rings is 2. The van der Waals surface area contributed by atoms with Gasteiger partial charge >= 0.3 is 0 Å². The van der Waals surface area contributed by atoms with Crippen molar-refractivity contribution >= 4 is 10.0 Å². The Bertz CT molecular complexity index is 1030. The van der Waals surface area contributed by atoms with E-state index in [1.807, 2.05) is 54.1 Å². The SMILES string of the molecule is CCc1nc2n(n1)C[C@H](NS(=O)(=O)c1ccc(-c3ccccc3)cc1)CC2. The van der Waals surface area contributed by atoms with Crippen LogP contribution in [-0.4, -0.2) is 29.2 Å². The summed E-state index contributed by atoms with van der Waals surface area (Å²) >= 11 is 0. The van der Waals surface area contributed by atoms with E-state index in [0.29, 0.717) is 6.54 Å². The van der Waals surface area contributed by atoms with Gasteiger partial charge in [-0.2, -0.15) is 5.10 Å². The van der Waals surface area contributed by atoms with Crippen molar-refractivity contribution in [2.24, 2.45) is 0 Å². The molecule has 0 unspecified atom stereocenters. The lowest BCUT2D eigenvalue weighted by Gasteiger charge is -2.23. The van der Waals surface area contributed by atoms with Gasteiger partial charge in [-0.05, 0) is 29.7 Å². The number of aryl methyl sites for hydroxylation is 2. The van der Waals surface area contributed by atoms with Gasteiger partial charge in [0.15, 0.2) is 5.82 Å². The topological polar surface area (TPSA) is 76.9 Å². The third-order valence-corrected chi connectivity index (χ3v) is 6.35. The fourth-order valence-electron chi connectivity index (χ4n) is 3.35. The molecule has 140 valence electrons. The lowest BCUT2D eigenvalue weighted by atomic mass is 10.1. The van der Waals surface area contributed by atoms with Crippen LogP contribution in [0.1, 0.15) is 25.0 Å². The minimum Gasteiger partial charge on any atom is -0.248 e. The standard InChI is InChI=1S/C20H22N4O2S/c1-2-19-21-20-13-10-17(14-24(20)22-19)23-27(25,26)18-11-8-16(9-12-18)15-6-4-3-5-7-15/h3-9,11-12,17,23H,2,10,13-14H2,1H3/t17-/m1/s1. The molecule has 1 N–H and O–H groups in total. The number of hydrogen-bond acceptors (Lipinski definition) is 4. The molecule has 2 aromatic carbocycles. The molecule has 1 aromatic heterocycles. The molecule has 3 aromatic rings. The van der Waals surface area contributed by atoms with Gasteiger partial charge in [-0.15, -0.1) is 0 Å². The van der Waals surface area contributed by atoms with Crippen LogP contribution in [0, 0.1) is 0 Å². The minimum absolute atomic E-state index is 0.178. The second-order valence-corrected chi connectivity index (χ2v) is 8.44. The van der Waals surface area contributed by atoms with Gasteiger partial charge in [-0.25, -0.2) is 22.8 Å². The highest BCUT2D eigenvalue weighted by Crippen LogP contribution is 2.22. The summed E-state index contributed by atoms with van der Waals surface area (Å²) in [7, 11) is -3.57. The van der Waals surface area contributed by atoms with Crippen LogP contribution < -0.4 is 4.72 Å². The van der Waals surface area contributed by atoms with E-state index in [-0.39, 0.29) is 10.9 Å². The molecule has 0 spiro atoms. The molecule has 4 rings (SSSR count). The average Bonchev–Trinajstić information content (AvgIpc) is 3.11. The predicted octanol–water partition coefficient (Wildman–Crippen LogP) is 2.80. The summed E-state index contributed by atoms with van der Waals surface area (Å²) in [6.07, 6.45) is 2.24. The monoisotopic (exact) mass is 382 g/mol. The summed E-state index contributed by atoms with van der Waals surface area (Å²) in [6.45, 7) is 2.53. The molecule has 0 bridgehead atoms. The summed E-state index contributed by atoms with van der Waals surface area (Å²) in [6, 6.07) is 16.7. The van der Waals surface area contributed by atoms with Crippen LogP contribution in [0.2, 0.25) is 0 Å². The van der Waals surface area contributed by atoms with E-state index in [1.165, 1.54) is 0 Å². The second kappa shape index (κ2) is 7.25. The van der Waals surface area contributed by atoms with Crippen LogP contribution in [0.15, 0.2) is 59.5 Å². The zero-order valence-electron chi connectivity index (χ0n) is 15.2. The highest BCUT2D eigenvalue weighted by atomic mass is 32.2. The van der Waals surface area contributed by atoms with Gasteiger partial charge in [-0.3, -0.25) is 0 Å². The number of nitrogens with zero attached hydrogens (tertiary/aromatic N) is 3. The average molecular weight is 382 g/mol. The number of fused-ring (bicyclic) bond motifs is 1. The highest BCUT2D eigenvalue weighted by molar-refractivity contribution is 7.89. The minimum atomic E-state index is -3.57. The molecule has 0 saturated carbocycles. The molecule has 1 aliphatic heterocycles. The number of aromatic nitrogens is 3. The van der Waals surface area contributed by atoms with Crippen molar-refractivity contribution < 1.29 is 8.42 Å². The van der Waals surface area contributed by atoms with Crippen molar-refractivity contribution in [1.82, 2.24) is 19.5 Å². The summed E-state index contributed by atoms with van der Waals surface area (Å²) in [4.78, 5) is 4.75. The molecular weight excluding hydrogens is 360 g/mol. The summed E-state index contributed by atoms with van der Waals surface area (Å²) in [5.74, 6) is 1.75. The molecule has 0 radical (unpaired) electrons. The Kier molecular flexibility index (Phi) is 4.80. The summed E-state index contributed by atoms with van der Waals surface area (Å²) in [5.41, 5.74) is 2.05. The maximum Gasteiger partial charge on any atom is 0.240 e. The van der Waals surface area contributed by atoms with Crippen LogP contribution in [0.5, 0.6) is 0 Å². The summed E-state index contributed by atoms with van der Waals surface area (Å²) in [5, 5.41) is 4.44. The molecule has 0 fully saturated rings. The molecule has 27 heavy (non-hydrogen) atoms. The summed E-state index contributed by atoms with van der Waals surface area (Å²) < 4.78 is 30.2. The zero-order valence-corrected chi connectivity index (χ0v) is 16.0. The van der Waals surface area contributed by atoms with Gasteiger partial charge in [0.05, 0.1) is 11.4 Å². The van der Waals surface area contributed by atoms with Crippen molar-refractivity contribution in [3.05, 3.63) is 66.2 Å². The van der Waals surface area contributed by atoms with E-state index in [9.17, 15) is 8.42 Å². The molecule has 1 aliphatic rings. The first-order valence-electron chi connectivity index (χ1n) is 9.15. The molecule has 0 saturated heterocycles. The molecule has 6 nitrogen and oxygen atoms in total. The third-order valence-electron chi connectivity index (χ3n) is 4.81. The predicted molar refractivity (Wildman–Crippen MR) is 104 cm³/mol. The lowest BCUT2D eigenvalue weighted by Crippen LogP contribution is -2.41. The van der Waals surface area contributed by atoms with E-state index in [2.05, 4.69) is 14.8 Å². The molecule has 0 aliphatic carbocycles. The Hall–Kier alpha value is -2.51. The normalized spacial score (nSPS) is 16.9. The van der Waals surface area contributed by atoms with E-state index < -0.39 is 10.0 Å². The van der Waals surface area contributed by atoms with E-state index in [1.54, 1.807) is 12.1 Å². The largest absolute Gasteiger partial charge is 0.248 e. The Labute approximate surface area is 159 Å². The zero-order chi connectivity index (χ0) is 18.9. The second-order valence-electron chi connectivity index (χ2n) is 6.73. The number of sulfonamides is 1. The quantitative estimate of drug-likeness (QED) is 0.736. The smallest absolute Gasteiger partial charge is 0.240 e. The van der Waals surface area contributed by atoms with E-state index in [4.69, 9.17) is 0 Å². The fourth-order valence-corrected chi connectivity index (χ4v) is 4.61. The molecule has 2 heterocycles. The third kappa shape index (κ3) is 3.79. The maximum atomic E-state index is 12.8. The number of hydrogen-bond donors (Lipinski definition) is 1. The van der Waals surface area contributed by atoms with E-state index >= 15 is 0 Å². The van der Waals surface area contributed by atoms with Gasteiger partial charge in [-0.1, -0.05) is 49.4 Å². The van der Waals surface area contributed by atoms with E-state index in [0.717, 1.165) is 42.0 Å². The van der Waals surface area contributed by atoms with Gasteiger partial charge in [0.2, 0.25) is 10.0 Å². The number of rotatable bonds is 5. The highest BCUT2D eigenvalue weighted by Gasteiger charge is 2.26. The Morgan fingerprint density at radius 3 is 2.48 bits per heavy atom. The van der Waals surface area contributed by atoms with Gasteiger partial charge in [0.1, 0.15) is 5.82 Å². The molecular formula is C20H22N4O2S. The fraction of sp³-hybridized carbons (Fsp3) is 0.300. The van der Waals surface area contributed by atoms with Crippen molar-refractivity contribution in [2.45, 2.75) is 43.7 Å². The maximum absolute atomic E-state index is 12.8. The first kappa shape index (κ1) is 17.9. The van der Waals surface area contributed by atoms with Crippen LogP contribution in [0.4, 0.5) is 0 Å². The van der Waals surface area contributed by atoms with Crippen molar-refractivity contribution in [3.63, 3.8) is 0 Å².